The minimum atomic E-state index is -4.73. The maximum atomic E-state index is 14.0. The molecule has 0 aliphatic rings. The van der Waals surface area contributed by atoms with Gasteiger partial charge in [0.2, 0.25) is 5.88 Å². The Morgan fingerprint density at radius 3 is 2.47 bits per heavy atom. The van der Waals surface area contributed by atoms with E-state index in [0.717, 1.165) is 16.9 Å². The van der Waals surface area contributed by atoms with Gasteiger partial charge in [-0.05, 0) is 32.0 Å². The van der Waals surface area contributed by atoms with Gasteiger partial charge >= 0.3 is 6.18 Å². The van der Waals surface area contributed by atoms with Crippen LogP contribution >= 0.6 is 0 Å². The van der Waals surface area contributed by atoms with E-state index in [1.807, 2.05) is 0 Å². The first-order valence-corrected chi connectivity index (χ1v) is 9.44. The molecule has 0 aliphatic carbocycles. The highest BCUT2D eigenvalue weighted by atomic mass is 19.4. The number of ether oxygens (including phenoxy) is 1. The van der Waals surface area contributed by atoms with Crippen molar-refractivity contribution in [2.75, 3.05) is 13.2 Å². The fraction of sp³-hybridized carbons (Fsp3) is 0.300. The van der Waals surface area contributed by atoms with Gasteiger partial charge in [-0.15, -0.1) is 0 Å². The summed E-state index contributed by atoms with van der Waals surface area (Å²) in [5, 5.41) is 7.85. The predicted octanol–water partition coefficient (Wildman–Crippen LogP) is 3.89. The first-order chi connectivity index (χ1) is 15.1. The number of rotatable bonds is 7. The number of benzene rings is 1. The molecule has 0 radical (unpaired) electrons. The lowest BCUT2D eigenvalue weighted by molar-refractivity contribution is -0.138. The third-order valence-electron chi connectivity index (χ3n) is 4.55. The van der Waals surface area contributed by atoms with Crippen molar-refractivity contribution in [1.82, 2.24) is 24.9 Å². The molecule has 0 spiro atoms. The van der Waals surface area contributed by atoms with Gasteiger partial charge in [-0.2, -0.15) is 28.2 Å². The Kier molecular flexibility index (Phi) is 6.70. The van der Waals surface area contributed by atoms with Gasteiger partial charge in [0.1, 0.15) is 18.1 Å². The van der Waals surface area contributed by atoms with Crippen LogP contribution in [0, 0.1) is 11.6 Å². The molecular formula is C20H18F5N5O2. The summed E-state index contributed by atoms with van der Waals surface area (Å²) in [7, 11) is 0. The van der Waals surface area contributed by atoms with Crippen molar-refractivity contribution in [2.45, 2.75) is 26.1 Å². The minimum Gasteiger partial charge on any atom is -0.473 e. The zero-order valence-electron chi connectivity index (χ0n) is 17.0. The summed E-state index contributed by atoms with van der Waals surface area (Å²) in [6.07, 6.45) is -1.52. The van der Waals surface area contributed by atoms with Crippen molar-refractivity contribution in [2.24, 2.45) is 0 Å². The Hall–Kier alpha value is -3.57. The number of carbonyl (C=O) groups is 1. The average molecular weight is 455 g/mol. The van der Waals surface area contributed by atoms with Crippen molar-refractivity contribution < 1.29 is 31.5 Å². The lowest BCUT2D eigenvalue weighted by atomic mass is 10.1. The second kappa shape index (κ2) is 9.28. The highest BCUT2D eigenvalue weighted by molar-refractivity contribution is 5.97. The molecule has 32 heavy (non-hydrogen) atoms. The summed E-state index contributed by atoms with van der Waals surface area (Å²) in [6, 6.07) is 3.20. The van der Waals surface area contributed by atoms with Gasteiger partial charge in [0.05, 0.1) is 29.6 Å². The number of nitrogens with zero attached hydrogens (tertiary/aromatic N) is 5. The molecule has 12 heteroatoms. The fourth-order valence-corrected chi connectivity index (χ4v) is 2.98. The molecule has 1 atom stereocenters. The van der Waals surface area contributed by atoms with E-state index in [4.69, 9.17) is 4.74 Å². The van der Waals surface area contributed by atoms with Crippen molar-refractivity contribution in [3.63, 3.8) is 0 Å². The third kappa shape index (κ3) is 5.01. The maximum absolute atomic E-state index is 14.0. The highest BCUT2D eigenvalue weighted by Gasteiger charge is 2.32. The number of pyridine rings is 1. The van der Waals surface area contributed by atoms with Gasteiger partial charge in [0, 0.05) is 18.8 Å². The summed E-state index contributed by atoms with van der Waals surface area (Å²) in [4.78, 5) is 19.0. The molecule has 7 nitrogen and oxygen atoms in total. The monoisotopic (exact) mass is 455 g/mol. The van der Waals surface area contributed by atoms with Gasteiger partial charge < -0.3 is 9.64 Å². The Balaban J connectivity index is 1.77. The quantitative estimate of drug-likeness (QED) is 0.506. The van der Waals surface area contributed by atoms with E-state index in [9.17, 15) is 26.7 Å². The molecule has 170 valence electrons. The Labute approximate surface area is 179 Å². The molecule has 0 bridgehead atoms. The smallest absolute Gasteiger partial charge is 0.417 e. The first kappa shape index (κ1) is 23.1. The number of likely N-dealkylation sites (N-methyl/N-ethyl adjacent to an activating group) is 1. The molecule has 1 aromatic carbocycles. The summed E-state index contributed by atoms with van der Waals surface area (Å²) < 4.78 is 70.9. The maximum Gasteiger partial charge on any atom is 0.417 e. The van der Waals surface area contributed by atoms with E-state index in [1.165, 1.54) is 23.4 Å². The number of halogens is 5. The number of amides is 1. The molecule has 0 saturated heterocycles. The zero-order valence-corrected chi connectivity index (χ0v) is 17.0. The Morgan fingerprint density at radius 2 is 1.88 bits per heavy atom. The van der Waals surface area contributed by atoms with Crippen molar-refractivity contribution in [3.05, 3.63) is 65.6 Å². The summed E-state index contributed by atoms with van der Waals surface area (Å²) in [6.45, 7) is 3.28. The predicted molar refractivity (Wildman–Crippen MR) is 102 cm³/mol. The van der Waals surface area contributed by atoms with Crippen LogP contribution in [0.4, 0.5) is 22.0 Å². The van der Waals surface area contributed by atoms with Crippen LogP contribution in [0.2, 0.25) is 0 Å². The van der Waals surface area contributed by atoms with Gasteiger partial charge in [0.15, 0.2) is 5.82 Å². The lowest BCUT2D eigenvalue weighted by Crippen LogP contribution is -2.42. The van der Waals surface area contributed by atoms with Crippen LogP contribution in [-0.4, -0.2) is 50.0 Å². The first-order valence-electron chi connectivity index (χ1n) is 9.44. The highest BCUT2D eigenvalue weighted by Crippen LogP contribution is 2.30. The van der Waals surface area contributed by atoms with Crippen LogP contribution < -0.4 is 4.74 Å². The fourth-order valence-electron chi connectivity index (χ4n) is 2.98. The van der Waals surface area contributed by atoms with Crippen LogP contribution in [0.3, 0.4) is 0 Å². The summed E-state index contributed by atoms with van der Waals surface area (Å²) in [5.74, 6) is -2.96. The third-order valence-corrected chi connectivity index (χ3v) is 4.55. The average Bonchev–Trinajstić information content (AvgIpc) is 3.27. The Bertz CT molecular complexity index is 1090. The van der Waals surface area contributed by atoms with E-state index in [2.05, 4.69) is 15.2 Å². The molecule has 0 aliphatic heterocycles. The molecule has 2 heterocycles. The van der Waals surface area contributed by atoms with Crippen molar-refractivity contribution in [3.8, 4) is 11.6 Å². The molecule has 1 unspecified atom stereocenters. The van der Waals surface area contributed by atoms with E-state index in [1.54, 1.807) is 13.8 Å². The standard InChI is InChI=1S/C20H18F5N5O2/c1-3-29(12(2)11-32-18-16(22)8-13(10-26-18)20(23,24)25)19(31)15-5-4-14(21)9-17(15)30-27-6-7-28-30/h4-10,12H,3,11H2,1-2H3. The van der Waals surface area contributed by atoms with Crippen LogP contribution in [0.5, 0.6) is 5.88 Å². The summed E-state index contributed by atoms with van der Waals surface area (Å²) >= 11 is 0. The van der Waals surface area contributed by atoms with Gasteiger partial charge in [-0.3, -0.25) is 4.79 Å². The molecule has 0 saturated carbocycles. The number of aromatic nitrogens is 4. The number of alkyl halides is 3. The van der Waals surface area contributed by atoms with E-state index >= 15 is 0 Å². The Morgan fingerprint density at radius 1 is 1.19 bits per heavy atom. The molecule has 1 amide bonds. The zero-order chi connectivity index (χ0) is 23.5. The number of hydrogen-bond acceptors (Lipinski definition) is 5. The van der Waals surface area contributed by atoms with Gasteiger partial charge in [-0.1, -0.05) is 0 Å². The lowest BCUT2D eigenvalue weighted by Gasteiger charge is -2.28. The number of hydrogen-bond donors (Lipinski definition) is 0. The van der Waals surface area contributed by atoms with E-state index < -0.39 is 41.2 Å². The van der Waals surface area contributed by atoms with E-state index in [-0.39, 0.29) is 30.5 Å². The van der Waals surface area contributed by atoms with Crippen molar-refractivity contribution >= 4 is 5.91 Å². The minimum absolute atomic E-state index is 0.120. The molecule has 3 aromatic rings. The van der Waals surface area contributed by atoms with Crippen LogP contribution in [-0.2, 0) is 6.18 Å². The summed E-state index contributed by atoms with van der Waals surface area (Å²) in [5.41, 5.74) is -0.992. The van der Waals surface area contributed by atoms with Crippen LogP contribution in [0.25, 0.3) is 5.69 Å². The van der Waals surface area contributed by atoms with Gasteiger partial charge in [0.25, 0.3) is 5.91 Å². The van der Waals surface area contributed by atoms with Crippen LogP contribution in [0.1, 0.15) is 29.8 Å². The van der Waals surface area contributed by atoms with Crippen molar-refractivity contribution in [1.29, 1.82) is 0 Å². The second-order valence-electron chi connectivity index (χ2n) is 6.74. The molecule has 3 rings (SSSR count). The number of carbonyl (C=O) groups excluding carboxylic acids is 1. The van der Waals surface area contributed by atoms with Gasteiger partial charge in [-0.25, -0.2) is 13.8 Å². The molecule has 2 aromatic heterocycles. The molecule has 0 N–H and O–H groups in total. The normalized spacial score (nSPS) is 12.5. The van der Waals surface area contributed by atoms with E-state index in [0.29, 0.717) is 6.20 Å². The topological polar surface area (TPSA) is 73.1 Å². The second-order valence-corrected chi connectivity index (χ2v) is 6.74. The van der Waals surface area contributed by atoms with Crippen LogP contribution in [0.15, 0.2) is 42.9 Å². The largest absolute Gasteiger partial charge is 0.473 e. The molecular weight excluding hydrogens is 437 g/mol. The molecule has 0 fully saturated rings. The SMILES string of the molecule is CCN(C(=O)c1ccc(F)cc1-n1nccn1)C(C)COc1ncc(C(F)(F)F)cc1F.